The van der Waals surface area contributed by atoms with E-state index in [1.165, 1.54) is 31.5 Å². The molecular weight excluding hydrogens is 388 g/mol. The first-order valence-corrected chi connectivity index (χ1v) is 11.2. The number of ether oxygens (including phenoxy) is 2. The van der Waals surface area contributed by atoms with Gasteiger partial charge < -0.3 is 14.8 Å². The van der Waals surface area contributed by atoms with Gasteiger partial charge in [0, 0.05) is 17.8 Å². The number of hydrogen-bond acceptors (Lipinski definition) is 4. The molecule has 168 valence electrons. The summed E-state index contributed by atoms with van der Waals surface area (Å²) in [5.74, 6) is 2.15. The number of nitrogens with one attached hydrogen (secondary N) is 1. The molecule has 1 aliphatic heterocycles. The molecule has 5 nitrogen and oxygen atoms in total. The zero-order valence-electron chi connectivity index (χ0n) is 19.5. The van der Waals surface area contributed by atoms with Crippen molar-refractivity contribution in [1.29, 1.82) is 0 Å². The monoisotopic (exact) mass is 424 g/mol. The van der Waals surface area contributed by atoms with E-state index in [0.717, 1.165) is 29.5 Å². The lowest BCUT2D eigenvalue weighted by Gasteiger charge is -2.30. The van der Waals surface area contributed by atoms with Crippen LogP contribution in [0, 0.1) is 5.92 Å². The SMILES string of the molecule is COc1ccc(OCC(=O)Nc2ccc(CN3CCC(C)CC3)cc2)c(C(C)(C)C)c1. The van der Waals surface area contributed by atoms with Crippen molar-refractivity contribution >= 4 is 11.6 Å². The molecule has 1 N–H and O–H groups in total. The van der Waals surface area contributed by atoms with E-state index in [2.05, 4.69) is 50.0 Å². The van der Waals surface area contributed by atoms with Crippen LogP contribution >= 0.6 is 0 Å². The first-order valence-electron chi connectivity index (χ1n) is 11.2. The second kappa shape index (κ2) is 10.2. The Labute approximate surface area is 186 Å². The molecule has 31 heavy (non-hydrogen) atoms. The Morgan fingerprint density at radius 3 is 2.39 bits per heavy atom. The van der Waals surface area contributed by atoms with Gasteiger partial charge in [0.05, 0.1) is 7.11 Å². The van der Waals surface area contributed by atoms with Crippen LogP contribution < -0.4 is 14.8 Å². The summed E-state index contributed by atoms with van der Waals surface area (Å²) in [6.07, 6.45) is 2.55. The fraction of sp³-hybridized carbons (Fsp3) is 0.500. The molecule has 1 fully saturated rings. The Kier molecular flexibility index (Phi) is 7.60. The topological polar surface area (TPSA) is 50.8 Å². The minimum absolute atomic E-state index is 0.0386. The Hall–Kier alpha value is -2.53. The maximum absolute atomic E-state index is 12.4. The van der Waals surface area contributed by atoms with Crippen molar-refractivity contribution in [2.24, 2.45) is 5.92 Å². The van der Waals surface area contributed by atoms with Gasteiger partial charge >= 0.3 is 0 Å². The molecule has 2 aromatic rings. The number of nitrogens with zero attached hydrogens (tertiary/aromatic N) is 1. The number of rotatable bonds is 7. The van der Waals surface area contributed by atoms with Crippen molar-refractivity contribution < 1.29 is 14.3 Å². The lowest BCUT2D eigenvalue weighted by Crippen LogP contribution is -2.32. The van der Waals surface area contributed by atoms with E-state index in [4.69, 9.17) is 9.47 Å². The van der Waals surface area contributed by atoms with Crippen LogP contribution in [-0.4, -0.2) is 37.6 Å². The Morgan fingerprint density at radius 1 is 1.10 bits per heavy atom. The number of hydrogen-bond donors (Lipinski definition) is 1. The third-order valence-corrected chi connectivity index (χ3v) is 5.87. The van der Waals surface area contributed by atoms with Crippen molar-refractivity contribution in [1.82, 2.24) is 4.90 Å². The van der Waals surface area contributed by atoms with Gasteiger partial charge in [0.1, 0.15) is 11.5 Å². The maximum atomic E-state index is 12.4. The molecule has 0 aromatic heterocycles. The van der Waals surface area contributed by atoms with Gasteiger partial charge in [0.2, 0.25) is 0 Å². The normalized spacial score (nSPS) is 15.5. The minimum Gasteiger partial charge on any atom is -0.497 e. The Balaban J connectivity index is 1.53. The molecule has 1 heterocycles. The number of anilines is 1. The Bertz CT molecular complexity index is 863. The van der Waals surface area contributed by atoms with Crippen LogP contribution in [0.1, 0.15) is 51.7 Å². The van der Waals surface area contributed by atoms with E-state index in [0.29, 0.717) is 5.75 Å². The smallest absolute Gasteiger partial charge is 0.262 e. The van der Waals surface area contributed by atoms with Gasteiger partial charge in [-0.25, -0.2) is 0 Å². The van der Waals surface area contributed by atoms with Crippen LogP contribution in [0.3, 0.4) is 0 Å². The number of carbonyl (C=O) groups excluding carboxylic acids is 1. The minimum atomic E-state index is -0.173. The summed E-state index contributed by atoms with van der Waals surface area (Å²) in [4.78, 5) is 14.9. The number of benzene rings is 2. The molecule has 1 amide bonds. The number of likely N-dealkylation sites (tertiary alicyclic amines) is 1. The summed E-state index contributed by atoms with van der Waals surface area (Å²) in [7, 11) is 1.65. The molecule has 1 saturated heterocycles. The third kappa shape index (κ3) is 6.73. The maximum Gasteiger partial charge on any atom is 0.262 e. The van der Waals surface area contributed by atoms with Crippen LogP contribution in [0.2, 0.25) is 0 Å². The number of methoxy groups -OCH3 is 1. The summed E-state index contributed by atoms with van der Waals surface area (Å²) >= 11 is 0. The van der Waals surface area contributed by atoms with Gasteiger partial charge in [-0.15, -0.1) is 0 Å². The van der Waals surface area contributed by atoms with Crippen molar-refractivity contribution in [2.45, 2.75) is 52.5 Å². The predicted octanol–water partition coefficient (Wildman–Crippen LogP) is 5.24. The molecule has 0 radical (unpaired) electrons. The number of amides is 1. The fourth-order valence-electron chi connectivity index (χ4n) is 3.86. The zero-order valence-corrected chi connectivity index (χ0v) is 19.5. The highest BCUT2D eigenvalue weighted by Gasteiger charge is 2.21. The molecule has 0 aliphatic carbocycles. The average molecular weight is 425 g/mol. The van der Waals surface area contributed by atoms with Gasteiger partial charge in [-0.3, -0.25) is 9.69 Å². The Morgan fingerprint density at radius 2 is 1.77 bits per heavy atom. The zero-order chi connectivity index (χ0) is 22.4. The largest absolute Gasteiger partial charge is 0.497 e. The summed E-state index contributed by atoms with van der Waals surface area (Å²) < 4.78 is 11.2. The van der Waals surface area contributed by atoms with Crippen LogP contribution in [0.5, 0.6) is 11.5 Å². The van der Waals surface area contributed by atoms with Gasteiger partial charge in [-0.2, -0.15) is 0 Å². The molecule has 3 rings (SSSR count). The third-order valence-electron chi connectivity index (χ3n) is 5.87. The molecule has 0 bridgehead atoms. The molecule has 2 aromatic carbocycles. The molecule has 0 spiro atoms. The average Bonchev–Trinajstić information content (AvgIpc) is 2.74. The number of carbonyl (C=O) groups is 1. The van der Waals surface area contributed by atoms with Crippen molar-refractivity contribution in [3.8, 4) is 11.5 Å². The van der Waals surface area contributed by atoms with E-state index in [1.807, 2.05) is 30.3 Å². The van der Waals surface area contributed by atoms with Crippen molar-refractivity contribution in [3.05, 3.63) is 53.6 Å². The summed E-state index contributed by atoms with van der Waals surface area (Å²) in [6, 6.07) is 13.8. The summed E-state index contributed by atoms with van der Waals surface area (Å²) in [5, 5.41) is 2.93. The highest BCUT2D eigenvalue weighted by atomic mass is 16.5. The van der Waals surface area contributed by atoms with Crippen LogP contribution in [0.25, 0.3) is 0 Å². The molecule has 1 aliphatic rings. The standard InChI is InChI=1S/C26H36N2O3/c1-19-12-14-28(15-13-19)17-20-6-8-21(9-7-20)27-25(29)18-31-24-11-10-22(30-5)16-23(24)26(2,3)4/h6-11,16,19H,12-15,17-18H2,1-5H3,(H,27,29). The second-order valence-electron chi connectivity index (χ2n) is 9.60. The first-order chi connectivity index (χ1) is 14.7. The lowest BCUT2D eigenvalue weighted by atomic mass is 9.86. The van der Waals surface area contributed by atoms with E-state index >= 15 is 0 Å². The van der Waals surface area contributed by atoms with Crippen LogP contribution in [-0.2, 0) is 16.8 Å². The van der Waals surface area contributed by atoms with Crippen LogP contribution in [0.15, 0.2) is 42.5 Å². The van der Waals surface area contributed by atoms with Crippen molar-refractivity contribution in [3.63, 3.8) is 0 Å². The van der Waals surface area contributed by atoms with E-state index in [1.54, 1.807) is 7.11 Å². The van der Waals surface area contributed by atoms with E-state index in [9.17, 15) is 4.79 Å². The molecule has 0 unspecified atom stereocenters. The van der Waals surface area contributed by atoms with Gasteiger partial charge in [-0.1, -0.05) is 39.8 Å². The van der Waals surface area contributed by atoms with Crippen LogP contribution in [0.4, 0.5) is 5.69 Å². The quantitative estimate of drug-likeness (QED) is 0.660. The van der Waals surface area contributed by atoms with E-state index in [-0.39, 0.29) is 17.9 Å². The molecule has 0 atom stereocenters. The second-order valence-corrected chi connectivity index (χ2v) is 9.60. The molecular formula is C26H36N2O3. The molecule has 0 saturated carbocycles. The van der Waals surface area contributed by atoms with Gasteiger partial charge in [0.25, 0.3) is 5.91 Å². The predicted molar refractivity (Wildman–Crippen MR) is 126 cm³/mol. The van der Waals surface area contributed by atoms with Gasteiger partial charge in [-0.05, 0) is 73.2 Å². The first kappa shape index (κ1) is 23.1. The van der Waals surface area contributed by atoms with Crippen molar-refractivity contribution in [2.75, 3.05) is 32.1 Å². The molecule has 5 heteroatoms. The lowest BCUT2D eigenvalue weighted by molar-refractivity contribution is -0.118. The fourth-order valence-corrected chi connectivity index (χ4v) is 3.86. The van der Waals surface area contributed by atoms with E-state index < -0.39 is 0 Å². The van der Waals surface area contributed by atoms with Gasteiger partial charge in [0.15, 0.2) is 6.61 Å². The number of piperidine rings is 1. The summed E-state index contributed by atoms with van der Waals surface area (Å²) in [5.41, 5.74) is 2.95. The summed E-state index contributed by atoms with van der Waals surface area (Å²) in [6.45, 7) is 11.9. The highest BCUT2D eigenvalue weighted by Crippen LogP contribution is 2.34. The highest BCUT2D eigenvalue weighted by molar-refractivity contribution is 5.91.